The van der Waals surface area contributed by atoms with Crippen LogP contribution in [0.3, 0.4) is 0 Å². The van der Waals surface area contributed by atoms with Crippen LogP contribution < -0.4 is 0 Å². The Bertz CT molecular complexity index is 764. The topological polar surface area (TPSA) is 32.7 Å². The minimum atomic E-state index is -0.234. The summed E-state index contributed by atoms with van der Waals surface area (Å²) in [7, 11) is 0. The summed E-state index contributed by atoms with van der Waals surface area (Å²) in [4.78, 5) is 18.6. The van der Waals surface area contributed by atoms with Crippen LogP contribution in [0.25, 0.3) is 0 Å². The van der Waals surface area contributed by atoms with E-state index >= 15 is 0 Å². The number of carbonyl (C=O) groups is 1. The summed E-state index contributed by atoms with van der Waals surface area (Å²) in [6.07, 6.45) is 0.302. The van der Waals surface area contributed by atoms with Crippen molar-refractivity contribution in [2.45, 2.75) is 12.2 Å². The Morgan fingerprint density at radius 1 is 1.21 bits per heavy atom. The molecule has 24 heavy (non-hydrogen) atoms. The predicted octanol–water partition coefficient (Wildman–Crippen LogP) is 4.15. The smallest absolute Gasteiger partial charge is 0.233 e. The van der Waals surface area contributed by atoms with Gasteiger partial charge in [-0.05, 0) is 29.3 Å². The third kappa shape index (κ3) is 4.16. The van der Waals surface area contributed by atoms with Crippen LogP contribution in [0.4, 0.5) is 4.39 Å². The summed E-state index contributed by atoms with van der Waals surface area (Å²) in [6.45, 7) is 1.16. The van der Waals surface area contributed by atoms with Gasteiger partial charge >= 0.3 is 0 Å². The maximum absolute atomic E-state index is 13.7. The lowest BCUT2D eigenvalue weighted by molar-refractivity contribution is -0.126. The highest BCUT2D eigenvalue weighted by Crippen LogP contribution is 2.22. The van der Waals surface area contributed by atoms with Crippen LogP contribution in [0.15, 0.2) is 53.5 Å². The number of amides is 1. The second kappa shape index (κ2) is 7.81. The van der Waals surface area contributed by atoms with Crippen molar-refractivity contribution in [3.63, 3.8) is 0 Å². The predicted molar refractivity (Wildman–Crippen MR) is 96.9 cm³/mol. The van der Waals surface area contributed by atoms with Gasteiger partial charge in [-0.3, -0.25) is 14.7 Å². The summed E-state index contributed by atoms with van der Waals surface area (Å²) in [5.74, 6) is 0.216. The fourth-order valence-corrected chi connectivity index (χ4v) is 3.59. The van der Waals surface area contributed by atoms with Gasteiger partial charge in [-0.2, -0.15) is 0 Å². The number of thioether (sulfide) groups is 1. The molecule has 3 rings (SSSR count). The number of halogens is 2. The molecule has 1 aliphatic rings. The van der Waals surface area contributed by atoms with Crippen LogP contribution in [0.5, 0.6) is 0 Å². The molecule has 0 aromatic heterocycles. The summed E-state index contributed by atoms with van der Waals surface area (Å²) in [5.41, 5.74) is 1.52. The Kier molecular flexibility index (Phi) is 5.53. The third-order valence-electron chi connectivity index (χ3n) is 3.69. The molecule has 124 valence electrons. The minimum Gasteiger partial charge on any atom is -0.289 e. The molecular formula is C18H16ClFN2OS. The normalized spacial score (nSPS) is 13.9. The highest BCUT2D eigenvalue weighted by Gasteiger charge is 2.24. The Morgan fingerprint density at radius 3 is 2.71 bits per heavy atom. The Balaban J connectivity index is 1.61. The molecule has 0 spiro atoms. The number of hydrogen-bond acceptors (Lipinski definition) is 3. The van der Waals surface area contributed by atoms with Crippen LogP contribution in [0, 0.1) is 5.82 Å². The van der Waals surface area contributed by atoms with Crippen LogP contribution in [-0.4, -0.2) is 29.1 Å². The van der Waals surface area contributed by atoms with E-state index in [-0.39, 0.29) is 11.7 Å². The van der Waals surface area contributed by atoms with E-state index < -0.39 is 0 Å². The fraction of sp³-hybridized carbons (Fsp3) is 0.222. The highest BCUT2D eigenvalue weighted by molar-refractivity contribution is 8.13. The average molecular weight is 363 g/mol. The number of hydrogen-bond donors (Lipinski definition) is 0. The Morgan fingerprint density at radius 2 is 1.96 bits per heavy atom. The largest absolute Gasteiger partial charge is 0.289 e. The molecule has 2 aromatic rings. The zero-order valence-corrected chi connectivity index (χ0v) is 14.5. The molecule has 0 saturated heterocycles. The van der Waals surface area contributed by atoms with Gasteiger partial charge in [0.15, 0.2) is 5.17 Å². The summed E-state index contributed by atoms with van der Waals surface area (Å²) in [5, 5.41) is 1.31. The van der Waals surface area contributed by atoms with Gasteiger partial charge in [-0.25, -0.2) is 4.39 Å². The van der Waals surface area contributed by atoms with Gasteiger partial charge in [0.1, 0.15) is 5.82 Å². The molecule has 0 radical (unpaired) electrons. The maximum Gasteiger partial charge on any atom is 0.233 e. The quantitative estimate of drug-likeness (QED) is 0.818. The van der Waals surface area contributed by atoms with Gasteiger partial charge in [-0.1, -0.05) is 53.7 Å². The fourth-order valence-electron chi connectivity index (χ4n) is 2.41. The van der Waals surface area contributed by atoms with Crippen molar-refractivity contribution in [3.05, 3.63) is 70.5 Å². The number of aliphatic imine (C=N–C) groups is 1. The van der Waals surface area contributed by atoms with E-state index in [1.165, 1.54) is 17.8 Å². The van der Waals surface area contributed by atoms with Crippen molar-refractivity contribution >= 4 is 34.4 Å². The van der Waals surface area contributed by atoms with Crippen LogP contribution in [0.2, 0.25) is 5.02 Å². The molecule has 0 N–H and O–H groups in total. The van der Waals surface area contributed by atoms with E-state index in [1.54, 1.807) is 35.2 Å². The van der Waals surface area contributed by atoms with Crippen LogP contribution in [0.1, 0.15) is 11.1 Å². The molecule has 0 saturated carbocycles. The minimum absolute atomic E-state index is 0.00499. The zero-order valence-electron chi connectivity index (χ0n) is 12.9. The van der Waals surface area contributed by atoms with E-state index in [2.05, 4.69) is 4.99 Å². The van der Waals surface area contributed by atoms with Gasteiger partial charge in [-0.15, -0.1) is 0 Å². The first-order valence-corrected chi connectivity index (χ1v) is 8.95. The number of benzene rings is 2. The first-order chi connectivity index (χ1) is 11.6. The van der Waals surface area contributed by atoms with Crippen molar-refractivity contribution in [3.8, 4) is 0 Å². The average Bonchev–Trinajstić information content (AvgIpc) is 3.05. The van der Waals surface area contributed by atoms with E-state index in [1.807, 2.05) is 12.1 Å². The number of amidine groups is 1. The molecule has 6 heteroatoms. The molecule has 0 unspecified atom stereocenters. The van der Waals surface area contributed by atoms with Crippen LogP contribution >= 0.6 is 23.4 Å². The first-order valence-electron chi connectivity index (χ1n) is 7.59. The monoisotopic (exact) mass is 362 g/mol. The second-order valence-corrected chi connectivity index (χ2v) is 6.77. The molecule has 1 amide bonds. The number of nitrogens with zero attached hydrogens (tertiary/aromatic N) is 2. The highest BCUT2D eigenvalue weighted by atomic mass is 35.5. The third-order valence-corrected chi connectivity index (χ3v) is 5.00. The second-order valence-electron chi connectivity index (χ2n) is 5.39. The van der Waals surface area contributed by atoms with E-state index in [4.69, 9.17) is 11.6 Å². The molecule has 1 heterocycles. The molecule has 0 bridgehead atoms. The molecule has 0 aliphatic carbocycles. The van der Waals surface area contributed by atoms with Crippen molar-refractivity contribution in [1.29, 1.82) is 0 Å². The summed E-state index contributed by atoms with van der Waals surface area (Å²) >= 11 is 7.26. The first kappa shape index (κ1) is 17.0. The Hall–Kier alpha value is -1.85. The van der Waals surface area contributed by atoms with Crippen molar-refractivity contribution in [2.24, 2.45) is 4.99 Å². The summed E-state index contributed by atoms with van der Waals surface area (Å²) < 4.78 is 13.7. The number of rotatable bonds is 4. The van der Waals surface area contributed by atoms with Gasteiger partial charge in [0.2, 0.25) is 5.91 Å². The van der Waals surface area contributed by atoms with E-state index in [9.17, 15) is 9.18 Å². The Labute approximate surface area is 149 Å². The van der Waals surface area contributed by atoms with Gasteiger partial charge in [0.05, 0.1) is 13.0 Å². The van der Waals surface area contributed by atoms with Gasteiger partial charge in [0, 0.05) is 17.3 Å². The molecular weight excluding hydrogens is 347 g/mol. The van der Waals surface area contributed by atoms with E-state index in [0.29, 0.717) is 41.0 Å². The van der Waals surface area contributed by atoms with E-state index in [0.717, 1.165) is 5.56 Å². The molecule has 1 aliphatic heterocycles. The number of carbonyl (C=O) groups excluding carboxylic acids is 1. The van der Waals surface area contributed by atoms with Crippen molar-refractivity contribution < 1.29 is 9.18 Å². The lowest BCUT2D eigenvalue weighted by atomic mass is 10.1. The van der Waals surface area contributed by atoms with Crippen LogP contribution in [-0.2, 0) is 17.0 Å². The van der Waals surface area contributed by atoms with Gasteiger partial charge in [0.25, 0.3) is 0 Å². The standard InChI is InChI=1S/C18H16ClFN2OS/c19-15-7-5-13(6-8-15)11-17(23)22-10-9-21-18(22)24-12-14-3-1-2-4-16(14)20/h1-8H,9-12H2. The molecule has 2 aromatic carbocycles. The molecule has 3 nitrogen and oxygen atoms in total. The molecule has 0 fully saturated rings. The SMILES string of the molecule is O=C(Cc1ccc(Cl)cc1)N1CCN=C1SCc1ccccc1F. The lowest BCUT2D eigenvalue weighted by Crippen LogP contribution is -2.34. The molecule has 0 atom stereocenters. The van der Waals surface area contributed by atoms with Gasteiger partial charge < -0.3 is 0 Å². The lowest BCUT2D eigenvalue weighted by Gasteiger charge is -2.18. The summed E-state index contributed by atoms with van der Waals surface area (Å²) in [6, 6.07) is 13.9. The van der Waals surface area contributed by atoms with Crippen molar-refractivity contribution in [2.75, 3.05) is 13.1 Å². The zero-order chi connectivity index (χ0) is 16.9. The maximum atomic E-state index is 13.7. The van der Waals surface area contributed by atoms with Crippen molar-refractivity contribution in [1.82, 2.24) is 4.90 Å².